The van der Waals surface area contributed by atoms with Crippen molar-refractivity contribution in [2.24, 2.45) is 0 Å². The van der Waals surface area contributed by atoms with Gasteiger partial charge in [0.05, 0.1) is 32.1 Å². The van der Waals surface area contributed by atoms with Crippen molar-refractivity contribution in [1.29, 1.82) is 0 Å². The predicted molar refractivity (Wildman–Crippen MR) is 105 cm³/mol. The van der Waals surface area contributed by atoms with Crippen molar-refractivity contribution < 1.29 is 24.2 Å². The van der Waals surface area contributed by atoms with E-state index in [1.807, 2.05) is 0 Å². The highest BCUT2D eigenvalue weighted by atomic mass is 16.5. The molecule has 0 unspecified atom stereocenters. The Kier molecular flexibility index (Phi) is 5.65. The molecule has 2 amide bonds. The van der Waals surface area contributed by atoms with Crippen LogP contribution in [0.4, 0.5) is 5.69 Å². The Bertz CT molecular complexity index is 938. The number of aliphatic hydroxyl groups excluding tert-OH is 1. The van der Waals surface area contributed by atoms with Crippen LogP contribution in [0.25, 0.3) is 5.57 Å². The van der Waals surface area contributed by atoms with E-state index in [9.17, 15) is 14.7 Å². The minimum Gasteiger partial charge on any atom is -0.497 e. The molecule has 0 saturated carbocycles. The first-order valence-corrected chi connectivity index (χ1v) is 8.76. The van der Waals surface area contributed by atoms with Gasteiger partial charge in [0.1, 0.15) is 17.2 Å². The largest absolute Gasteiger partial charge is 0.497 e. The molecule has 0 spiro atoms. The molecular formula is C21H22N2O5. The molecule has 1 aliphatic rings. The molecule has 3 rings (SSSR count). The van der Waals surface area contributed by atoms with Gasteiger partial charge in [0.25, 0.3) is 11.8 Å². The van der Waals surface area contributed by atoms with Gasteiger partial charge in [-0.1, -0.05) is 24.3 Å². The van der Waals surface area contributed by atoms with Gasteiger partial charge in [-0.3, -0.25) is 9.59 Å². The lowest BCUT2D eigenvalue weighted by Crippen LogP contribution is -2.34. The van der Waals surface area contributed by atoms with Crippen molar-refractivity contribution in [3.05, 3.63) is 59.8 Å². The average Bonchev–Trinajstić information content (AvgIpc) is 2.98. The minimum absolute atomic E-state index is 0.153. The number of aliphatic hydroxyl groups is 1. The van der Waals surface area contributed by atoms with Crippen molar-refractivity contribution in [2.75, 3.05) is 39.3 Å². The fourth-order valence-electron chi connectivity index (χ4n) is 3.21. The van der Waals surface area contributed by atoms with Gasteiger partial charge < -0.3 is 19.5 Å². The molecule has 2 aromatic carbocycles. The summed E-state index contributed by atoms with van der Waals surface area (Å²) in [5.41, 5.74) is 1.38. The van der Waals surface area contributed by atoms with Gasteiger partial charge in [-0.15, -0.1) is 0 Å². The summed E-state index contributed by atoms with van der Waals surface area (Å²) >= 11 is 0. The third kappa shape index (κ3) is 3.32. The van der Waals surface area contributed by atoms with Crippen LogP contribution in [0.1, 0.15) is 5.56 Å². The normalized spacial score (nSPS) is 13.9. The number of benzene rings is 2. The second-order valence-electron chi connectivity index (χ2n) is 6.22. The fraction of sp³-hybridized carbons (Fsp3) is 0.238. The van der Waals surface area contributed by atoms with E-state index in [-0.39, 0.29) is 24.4 Å². The first-order chi connectivity index (χ1) is 13.5. The molecule has 7 nitrogen and oxygen atoms in total. The van der Waals surface area contributed by atoms with E-state index in [1.54, 1.807) is 60.5 Å². The van der Waals surface area contributed by atoms with Crippen molar-refractivity contribution in [3.8, 4) is 11.5 Å². The number of imide groups is 1. The van der Waals surface area contributed by atoms with Gasteiger partial charge in [0, 0.05) is 25.2 Å². The molecule has 1 N–H and O–H groups in total. The lowest BCUT2D eigenvalue weighted by molar-refractivity contribution is -0.120. The third-order valence-corrected chi connectivity index (χ3v) is 4.56. The number of amides is 2. The molecule has 0 aromatic heterocycles. The quantitative estimate of drug-likeness (QED) is 0.737. The molecule has 0 saturated heterocycles. The van der Waals surface area contributed by atoms with Crippen LogP contribution in [0.5, 0.6) is 11.5 Å². The first kappa shape index (κ1) is 19.4. The summed E-state index contributed by atoms with van der Waals surface area (Å²) in [5.74, 6) is 0.104. The van der Waals surface area contributed by atoms with Crippen LogP contribution in [0.3, 0.4) is 0 Å². The van der Waals surface area contributed by atoms with E-state index in [2.05, 4.69) is 0 Å². The summed E-state index contributed by atoms with van der Waals surface area (Å²) in [7, 11) is 4.70. The van der Waals surface area contributed by atoms with E-state index in [0.717, 1.165) is 4.90 Å². The Hall–Kier alpha value is -3.32. The maximum atomic E-state index is 13.4. The summed E-state index contributed by atoms with van der Waals surface area (Å²) in [6.07, 6.45) is 0. The molecule has 7 heteroatoms. The van der Waals surface area contributed by atoms with Crippen molar-refractivity contribution >= 4 is 23.1 Å². The number of carbonyl (C=O) groups excluding carboxylic acids is 2. The molecule has 0 bridgehead atoms. The zero-order valence-electron chi connectivity index (χ0n) is 16.0. The molecule has 28 heavy (non-hydrogen) atoms. The van der Waals surface area contributed by atoms with Crippen LogP contribution in [0.15, 0.2) is 54.2 Å². The highest BCUT2D eigenvalue weighted by Gasteiger charge is 2.42. The molecule has 146 valence electrons. The van der Waals surface area contributed by atoms with Crippen LogP contribution in [0.2, 0.25) is 0 Å². The van der Waals surface area contributed by atoms with Crippen molar-refractivity contribution in [2.45, 2.75) is 0 Å². The molecule has 0 fully saturated rings. The number of ether oxygens (including phenoxy) is 2. The van der Waals surface area contributed by atoms with E-state index in [1.165, 1.54) is 14.2 Å². The fourth-order valence-corrected chi connectivity index (χ4v) is 3.21. The van der Waals surface area contributed by atoms with Crippen LogP contribution >= 0.6 is 0 Å². The van der Waals surface area contributed by atoms with Crippen LogP contribution in [0, 0.1) is 0 Å². The van der Waals surface area contributed by atoms with Gasteiger partial charge >= 0.3 is 0 Å². The Labute approximate surface area is 163 Å². The van der Waals surface area contributed by atoms with Crippen LogP contribution < -0.4 is 14.4 Å². The number of rotatable bonds is 7. The molecule has 0 radical (unpaired) electrons. The summed E-state index contributed by atoms with van der Waals surface area (Å²) in [4.78, 5) is 29.3. The zero-order valence-corrected chi connectivity index (χ0v) is 16.0. The number of methoxy groups -OCH3 is 2. The molecule has 0 aliphatic carbocycles. The first-order valence-electron chi connectivity index (χ1n) is 8.76. The topological polar surface area (TPSA) is 79.3 Å². The number of para-hydroxylation sites is 1. The summed E-state index contributed by atoms with van der Waals surface area (Å²) < 4.78 is 10.6. The number of carbonyl (C=O) groups is 2. The molecule has 2 aromatic rings. The molecule has 1 heterocycles. The van der Waals surface area contributed by atoms with Gasteiger partial charge in [-0.05, 0) is 18.2 Å². The second-order valence-corrected chi connectivity index (χ2v) is 6.22. The Morgan fingerprint density at radius 1 is 1.00 bits per heavy atom. The molecular weight excluding hydrogens is 360 g/mol. The number of nitrogens with zero attached hydrogens (tertiary/aromatic N) is 2. The zero-order chi connectivity index (χ0) is 20.3. The van der Waals surface area contributed by atoms with Gasteiger partial charge in [-0.25, -0.2) is 4.90 Å². The van der Waals surface area contributed by atoms with Crippen molar-refractivity contribution in [3.63, 3.8) is 0 Å². The Morgan fingerprint density at radius 2 is 1.75 bits per heavy atom. The Balaban J connectivity index is 2.17. The van der Waals surface area contributed by atoms with Gasteiger partial charge in [0.2, 0.25) is 0 Å². The number of hydrogen-bond acceptors (Lipinski definition) is 6. The van der Waals surface area contributed by atoms with Gasteiger partial charge in [0.15, 0.2) is 0 Å². The van der Waals surface area contributed by atoms with Crippen LogP contribution in [-0.4, -0.2) is 56.2 Å². The molecule has 0 atom stereocenters. The lowest BCUT2D eigenvalue weighted by Gasteiger charge is -2.20. The number of likely N-dealkylation sites (N-methyl/N-ethyl adjacent to an activating group) is 1. The van der Waals surface area contributed by atoms with Crippen molar-refractivity contribution in [1.82, 2.24) is 4.90 Å². The third-order valence-electron chi connectivity index (χ3n) is 4.56. The van der Waals surface area contributed by atoms with Gasteiger partial charge in [-0.2, -0.15) is 0 Å². The maximum absolute atomic E-state index is 13.4. The monoisotopic (exact) mass is 382 g/mol. The standard InChI is InChI=1S/C21H22N2O5/c1-22(11-12-24)19-18(16-9-4-5-10-17(16)28-3)20(25)23(21(19)26)14-7-6-8-15(13-14)27-2/h4-10,13,24H,11-12H2,1-3H3. The molecule has 1 aliphatic heterocycles. The van der Waals surface area contributed by atoms with E-state index in [0.29, 0.717) is 22.7 Å². The Morgan fingerprint density at radius 3 is 2.43 bits per heavy atom. The van der Waals surface area contributed by atoms with Crippen LogP contribution in [-0.2, 0) is 9.59 Å². The average molecular weight is 382 g/mol. The predicted octanol–water partition coefficient (Wildman–Crippen LogP) is 1.91. The van der Waals surface area contributed by atoms with E-state index < -0.39 is 11.8 Å². The highest BCUT2D eigenvalue weighted by molar-refractivity contribution is 6.45. The summed E-state index contributed by atoms with van der Waals surface area (Å²) in [6.45, 7) is 0.0544. The second kappa shape index (κ2) is 8.14. The lowest BCUT2D eigenvalue weighted by atomic mass is 10.0. The summed E-state index contributed by atoms with van der Waals surface area (Å²) in [6, 6.07) is 13.8. The summed E-state index contributed by atoms with van der Waals surface area (Å²) in [5, 5.41) is 9.34. The number of anilines is 1. The SMILES string of the molecule is COc1cccc(N2C(=O)C(c3ccccc3OC)=C(N(C)CCO)C2=O)c1. The number of hydrogen-bond donors (Lipinski definition) is 1. The van der Waals surface area contributed by atoms with E-state index in [4.69, 9.17) is 9.47 Å². The highest BCUT2D eigenvalue weighted by Crippen LogP contribution is 2.38. The van der Waals surface area contributed by atoms with E-state index >= 15 is 0 Å². The smallest absolute Gasteiger partial charge is 0.282 e. The maximum Gasteiger partial charge on any atom is 0.282 e. The minimum atomic E-state index is -0.463.